The van der Waals surface area contributed by atoms with Gasteiger partial charge in [-0.15, -0.1) is 11.3 Å². The fourth-order valence-electron chi connectivity index (χ4n) is 3.05. The van der Waals surface area contributed by atoms with Crippen molar-refractivity contribution < 1.29 is 22.7 Å². The molecule has 0 atom stereocenters. The Morgan fingerprint density at radius 3 is 2.44 bits per heavy atom. The van der Waals surface area contributed by atoms with Gasteiger partial charge >= 0.3 is 5.97 Å². The number of ether oxygens (including phenoxy) is 1. The topological polar surface area (TPSA) is 128 Å². The van der Waals surface area contributed by atoms with Crippen molar-refractivity contribution >= 4 is 49.1 Å². The van der Waals surface area contributed by atoms with Gasteiger partial charge < -0.3 is 10.1 Å². The second kappa shape index (κ2) is 10.0. The van der Waals surface area contributed by atoms with Gasteiger partial charge in [0.1, 0.15) is 16.3 Å². The lowest BCUT2D eigenvalue weighted by molar-refractivity contribution is -0.116. The summed E-state index contributed by atoms with van der Waals surface area (Å²) in [6.45, 7) is 5.47. The van der Waals surface area contributed by atoms with Crippen molar-refractivity contribution in [2.24, 2.45) is 5.92 Å². The van der Waals surface area contributed by atoms with Crippen molar-refractivity contribution in [3.05, 3.63) is 51.4 Å². The molecule has 12 heteroatoms. The SMILES string of the molecule is Cc1c(C(=O)OCC(C)C)sc2ncn(CC(=O)Nc3ccc(S(=O)(=O)N(C)C)cc3)c(=O)c12. The van der Waals surface area contributed by atoms with Crippen molar-refractivity contribution in [1.82, 2.24) is 13.9 Å². The fraction of sp³-hybridized carbons (Fsp3) is 0.364. The number of benzene rings is 1. The van der Waals surface area contributed by atoms with E-state index in [4.69, 9.17) is 4.74 Å². The van der Waals surface area contributed by atoms with Crippen molar-refractivity contribution in [1.29, 1.82) is 0 Å². The summed E-state index contributed by atoms with van der Waals surface area (Å²) in [5.74, 6) is -0.811. The van der Waals surface area contributed by atoms with E-state index in [1.54, 1.807) is 6.92 Å². The van der Waals surface area contributed by atoms with Gasteiger partial charge in [0.05, 0.1) is 23.2 Å². The van der Waals surface area contributed by atoms with E-state index in [1.807, 2.05) is 13.8 Å². The lowest BCUT2D eigenvalue weighted by atomic mass is 10.2. The minimum atomic E-state index is -3.58. The Hall–Kier alpha value is -3.09. The largest absolute Gasteiger partial charge is 0.461 e. The molecule has 0 radical (unpaired) electrons. The molecule has 0 aliphatic rings. The number of thiophene rings is 1. The van der Waals surface area contributed by atoms with Gasteiger partial charge in [0.25, 0.3) is 5.56 Å². The molecule has 0 fully saturated rings. The van der Waals surface area contributed by atoms with Crippen LogP contribution in [0.2, 0.25) is 0 Å². The third-order valence-electron chi connectivity index (χ3n) is 4.88. The minimum absolute atomic E-state index is 0.0945. The molecule has 0 saturated heterocycles. The number of carbonyl (C=O) groups excluding carboxylic acids is 2. The number of hydrogen-bond donors (Lipinski definition) is 1. The second-order valence-electron chi connectivity index (χ2n) is 8.27. The maximum atomic E-state index is 13.0. The molecule has 2 heterocycles. The Morgan fingerprint density at radius 1 is 1.21 bits per heavy atom. The van der Waals surface area contributed by atoms with Gasteiger partial charge in [0.15, 0.2) is 0 Å². The van der Waals surface area contributed by atoms with E-state index in [9.17, 15) is 22.8 Å². The zero-order chi connectivity index (χ0) is 25.2. The summed E-state index contributed by atoms with van der Waals surface area (Å²) in [6, 6.07) is 5.71. The van der Waals surface area contributed by atoms with Crippen LogP contribution in [0.25, 0.3) is 10.2 Å². The number of rotatable bonds is 8. The van der Waals surface area contributed by atoms with Gasteiger partial charge in [-0.3, -0.25) is 14.2 Å². The summed E-state index contributed by atoms with van der Waals surface area (Å²) >= 11 is 1.08. The van der Waals surface area contributed by atoms with Crippen molar-refractivity contribution in [2.75, 3.05) is 26.0 Å². The van der Waals surface area contributed by atoms with Crippen LogP contribution in [0.5, 0.6) is 0 Å². The van der Waals surface area contributed by atoms with Crippen LogP contribution in [-0.2, 0) is 26.1 Å². The standard InChI is InChI=1S/C22H26N4O6S2/c1-13(2)11-32-22(29)19-14(3)18-20(33-19)23-12-26(21(18)28)10-17(27)24-15-6-8-16(9-7-15)34(30,31)25(4)5/h6-9,12-13H,10-11H2,1-5H3,(H,24,27). The first-order valence-electron chi connectivity index (χ1n) is 10.4. The first-order chi connectivity index (χ1) is 15.9. The van der Waals surface area contributed by atoms with Crippen LogP contribution in [0.4, 0.5) is 5.69 Å². The Morgan fingerprint density at radius 2 is 1.85 bits per heavy atom. The second-order valence-corrected chi connectivity index (χ2v) is 11.4. The summed E-state index contributed by atoms with van der Waals surface area (Å²) in [6.07, 6.45) is 1.26. The normalized spacial score (nSPS) is 11.9. The van der Waals surface area contributed by atoms with Crippen LogP contribution in [0.1, 0.15) is 29.1 Å². The third kappa shape index (κ3) is 5.34. The number of fused-ring (bicyclic) bond motifs is 1. The highest BCUT2D eigenvalue weighted by molar-refractivity contribution is 7.89. The van der Waals surface area contributed by atoms with Crippen LogP contribution in [-0.4, -0.2) is 54.9 Å². The summed E-state index contributed by atoms with van der Waals surface area (Å²) in [4.78, 5) is 42.9. The molecular weight excluding hydrogens is 480 g/mol. The number of aromatic nitrogens is 2. The van der Waals surface area contributed by atoms with Crippen LogP contribution in [0.15, 0.2) is 40.3 Å². The van der Waals surface area contributed by atoms with Gasteiger partial charge in [0.2, 0.25) is 15.9 Å². The van der Waals surface area contributed by atoms with Crippen molar-refractivity contribution in [2.45, 2.75) is 32.2 Å². The highest BCUT2D eigenvalue weighted by Gasteiger charge is 2.21. The van der Waals surface area contributed by atoms with Gasteiger partial charge in [-0.05, 0) is 42.7 Å². The maximum Gasteiger partial charge on any atom is 0.348 e. The molecule has 34 heavy (non-hydrogen) atoms. The molecule has 182 valence electrons. The lowest BCUT2D eigenvalue weighted by Gasteiger charge is -2.12. The van der Waals surface area contributed by atoms with E-state index in [0.29, 0.717) is 21.0 Å². The molecule has 3 rings (SSSR count). The third-order valence-corrected chi connectivity index (χ3v) is 7.89. The smallest absolute Gasteiger partial charge is 0.348 e. The number of aryl methyl sites for hydroxylation is 1. The van der Waals surface area contributed by atoms with E-state index in [-0.39, 0.29) is 29.4 Å². The van der Waals surface area contributed by atoms with E-state index >= 15 is 0 Å². The van der Waals surface area contributed by atoms with Crippen molar-refractivity contribution in [3.63, 3.8) is 0 Å². The molecule has 0 aliphatic carbocycles. The number of anilines is 1. The van der Waals surface area contributed by atoms with E-state index in [0.717, 1.165) is 20.2 Å². The fourth-order valence-corrected chi connectivity index (χ4v) is 4.99. The summed E-state index contributed by atoms with van der Waals surface area (Å²) in [7, 11) is -0.717. The van der Waals surface area contributed by atoms with Crippen LogP contribution < -0.4 is 10.9 Å². The minimum Gasteiger partial charge on any atom is -0.461 e. The van der Waals surface area contributed by atoms with E-state index in [2.05, 4.69) is 10.3 Å². The van der Waals surface area contributed by atoms with Crippen molar-refractivity contribution in [3.8, 4) is 0 Å². The predicted octanol–water partition coefficient (Wildman–Crippen LogP) is 2.47. The molecule has 3 aromatic rings. The Kier molecular flexibility index (Phi) is 7.54. The summed E-state index contributed by atoms with van der Waals surface area (Å²) in [5, 5.41) is 2.91. The molecular formula is C22H26N4O6S2. The first kappa shape index (κ1) is 25.5. The molecule has 0 saturated carbocycles. The molecule has 1 N–H and O–H groups in total. The number of esters is 1. The maximum absolute atomic E-state index is 13.0. The summed E-state index contributed by atoms with van der Waals surface area (Å²) < 4.78 is 31.8. The Labute approximate surface area is 201 Å². The highest BCUT2D eigenvalue weighted by atomic mass is 32.2. The number of hydrogen-bond acceptors (Lipinski definition) is 8. The molecule has 1 aromatic carbocycles. The zero-order valence-corrected chi connectivity index (χ0v) is 21.1. The molecule has 0 aliphatic heterocycles. The van der Waals surface area contributed by atoms with Gasteiger partial charge in [-0.2, -0.15) is 0 Å². The molecule has 10 nitrogen and oxygen atoms in total. The zero-order valence-electron chi connectivity index (χ0n) is 19.5. The van der Waals surface area contributed by atoms with Gasteiger partial charge in [-0.25, -0.2) is 22.5 Å². The van der Waals surface area contributed by atoms with E-state index in [1.165, 1.54) is 44.7 Å². The number of nitrogens with one attached hydrogen (secondary N) is 1. The molecule has 1 amide bonds. The summed E-state index contributed by atoms with van der Waals surface area (Å²) in [5.41, 5.74) is 0.412. The lowest BCUT2D eigenvalue weighted by Crippen LogP contribution is -2.28. The monoisotopic (exact) mass is 506 g/mol. The highest BCUT2D eigenvalue weighted by Crippen LogP contribution is 2.27. The van der Waals surface area contributed by atoms with Crippen LogP contribution in [0, 0.1) is 12.8 Å². The number of sulfonamides is 1. The van der Waals surface area contributed by atoms with Gasteiger partial charge in [-0.1, -0.05) is 13.8 Å². The Balaban J connectivity index is 1.78. The molecule has 0 spiro atoms. The van der Waals surface area contributed by atoms with Crippen LogP contribution in [0.3, 0.4) is 0 Å². The number of amides is 1. The molecule has 0 unspecified atom stereocenters. The van der Waals surface area contributed by atoms with Gasteiger partial charge in [0, 0.05) is 19.8 Å². The quantitative estimate of drug-likeness (QED) is 0.465. The number of nitrogens with zero attached hydrogens (tertiary/aromatic N) is 3. The predicted molar refractivity (Wildman–Crippen MR) is 130 cm³/mol. The molecule has 0 bridgehead atoms. The van der Waals surface area contributed by atoms with Crippen LogP contribution >= 0.6 is 11.3 Å². The van der Waals surface area contributed by atoms with E-state index < -0.39 is 27.5 Å². The first-order valence-corrected chi connectivity index (χ1v) is 12.7. The Bertz CT molecular complexity index is 1390. The average molecular weight is 507 g/mol. The molecule has 2 aromatic heterocycles. The average Bonchev–Trinajstić information content (AvgIpc) is 3.11. The number of carbonyl (C=O) groups is 2.